The van der Waals surface area contributed by atoms with Gasteiger partial charge in [-0.05, 0) is 35.4 Å². The highest BCUT2D eigenvalue weighted by molar-refractivity contribution is 5.80. The summed E-state index contributed by atoms with van der Waals surface area (Å²) < 4.78 is 11.0. The van der Waals surface area contributed by atoms with Crippen LogP contribution in [-0.4, -0.2) is 59.6 Å². The number of aliphatic hydroxyl groups is 1. The van der Waals surface area contributed by atoms with Crippen molar-refractivity contribution < 1.29 is 24.6 Å². The fraction of sp³-hybridized carbons (Fsp3) is 0.375. The van der Waals surface area contributed by atoms with E-state index in [4.69, 9.17) is 14.7 Å². The summed E-state index contributed by atoms with van der Waals surface area (Å²) in [4.78, 5) is 13.9. The maximum Gasteiger partial charge on any atom is 0.272 e. The van der Waals surface area contributed by atoms with E-state index in [-0.39, 0.29) is 6.42 Å². The van der Waals surface area contributed by atoms with Crippen LogP contribution in [0.1, 0.15) is 34.8 Å². The molecule has 0 radical (unpaired) electrons. The normalized spacial score (nSPS) is 23.7. The van der Waals surface area contributed by atoms with Crippen molar-refractivity contribution in [1.29, 1.82) is 0 Å². The highest BCUT2D eigenvalue weighted by Crippen LogP contribution is 2.33. The highest BCUT2D eigenvalue weighted by Gasteiger charge is 2.38. The zero-order valence-corrected chi connectivity index (χ0v) is 17.2. The number of hydrogen-bond donors (Lipinski definition) is 3. The van der Waals surface area contributed by atoms with Gasteiger partial charge in [0.2, 0.25) is 0 Å². The van der Waals surface area contributed by atoms with Crippen LogP contribution in [0.4, 0.5) is 0 Å². The first kappa shape index (κ1) is 21.5. The Morgan fingerprint density at radius 2 is 1.65 bits per heavy atom. The van der Waals surface area contributed by atoms with Crippen molar-refractivity contribution in [1.82, 2.24) is 10.4 Å². The number of hydroxylamine groups is 1. The average Bonchev–Trinajstić information content (AvgIpc) is 3.21. The number of aliphatic hydroxyl groups excluding tert-OH is 1. The first-order valence-corrected chi connectivity index (χ1v) is 10.4. The van der Waals surface area contributed by atoms with E-state index in [9.17, 15) is 9.90 Å². The molecule has 4 rings (SSSR count). The fourth-order valence-electron chi connectivity index (χ4n) is 3.82. The van der Waals surface area contributed by atoms with E-state index in [1.54, 1.807) is 5.48 Å². The Kier molecular flexibility index (Phi) is 6.97. The summed E-state index contributed by atoms with van der Waals surface area (Å²) in [5, 5.41) is 18.9. The third-order valence-electron chi connectivity index (χ3n) is 5.57. The Morgan fingerprint density at radius 3 is 2.26 bits per heavy atom. The van der Waals surface area contributed by atoms with E-state index in [2.05, 4.69) is 28.9 Å². The van der Waals surface area contributed by atoms with Crippen LogP contribution >= 0.6 is 0 Å². The van der Waals surface area contributed by atoms with Gasteiger partial charge in [0.05, 0.1) is 19.3 Å². The van der Waals surface area contributed by atoms with Crippen LogP contribution in [0.15, 0.2) is 48.5 Å². The highest BCUT2D eigenvalue weighted by atomic mass is 16.5. The molecule has 0 bridgehead atoms. The van der Waals surface area contributed by atoms with Gasteiger partial charge in [-0.15, -0.1) is 0 Å². The lowest BCUT2D eigenvalue weighted by Crippen LogP contribution is -2.35. The molecule has 3 N–H and O–H groups in total. The average molecular weight is 422 g/mol. The number of carbonyl (C=O) groups is 1. The quantitative estimate of drug-likeness (QED) is 0.394. The lowest BCUT2D eigenvalue weighted by Gasteiger charge is -2.26. The van der Waals surface area contributed by atoms with Crippen LogP contribution in [0.2, 0.25) is 0 Å². The zero-order valence-electron chi connectivity index (χ0n) is 17.2. The fourth-order valence-corrected chi connectivity index (χ4v) is 3.82. The minimum absolute atomic E-state index is 0.139. The third-order valence-corrected chi connectivity index (χ3v) is 5.57. The summed E-state index contributed by atoms with van der Waals surface area (Å²) in [7, 11) is 0. The molecule has 2 aromatic rings. The van der Waals surface area contributed by atoms with Crippen molar-refractivity contribution in [2.75, 3.05) is 26.3 Å². The Bertz CT molecular complexity index is 943. The van der Waals surface area contributed by atoms with Crippen LogP contribution in [0.3, 0.4) is 0 Å². The smallest absolute Gasteiger partial charge is 0.272 e. The molecule has 162 valence electrons. The number of hydrogen-bond acceptors (Lipinski definition) is 6. The lowest BCUT2D eigenvalue weighted by atomic mass is 10.0. The van der Waals surface area contributed by atoms with E-state index in [0.717, 1.165) is 49.5 Å². The number of ether oxygens (including phenoxy) is 2. The molecule has 1 amide bonds. The van der Waals surface area contributed by atoms with Crippen molar-refractivity contribution in [2.45, 2.75) is 31.3 Å². The van der Waals surface area contributed by atoms with Gasteiger partial charge in [0.15, 0.2) is 0 Å². The molecule has 0 spiro atoms. The second-order valence-electron chi connectivity index (χ2n) is 7.78. The van der Waals surface area contributed by atoms with E-state index >= 15 is 0 Å². The predicted molar refractivity (Wildman–Crippen MR) is 113 cm³/mol. The molecule has 2 saturated heterocycles. The molecule has 0 aromatic heterocycles. The number of nitrogens with one attached hydrogen (secondary N) is 1. The van der Waals surface area contributed by atoms with E-state index < -0.39 is 24.2 Å². The van der Waals surface area contributed by atoms with Gasteiger partial charge in [-0.1, -0.05) is 36.1 Å². The number of morpholine rings is 1. The zero-order chi connectivity index (χ0) is 21.6. The molecule has 7 nitrogen and oxygen atoms in total. The molecular formula is C24H26N2O5. The Balaban J connectivity index is 1.36. The Hall–Kier alpha value is -2.73. The van der Waals surface area contributed by atoms with Gasteiger partial charge in [-0.3, -0.25) is 14.9 Å². The van der Waals surface area contributed by atoms with Gasteiger partial charge in [-0.25, -0.2) is 5.48 Å². The van der Waals surface area contributed by atoms with Gasteiger partial charge < -0.3 is 14.6 Å². The molecule has 2 fully saturated rings. The first-order valence-electron chi connectivity index (χ1n) is 10.4. The number of rotatable bonds is 4. The van der Waals surface area contributed by atoms with Crippen LogP contribution in [0.5, 0.6) is 0 Å². The summed E-state index contributed by atoms with van der Waals surface area (Å²) in [5.41, 5.74) is 5.38. The maximum absolute atomic E-state index is 11.5. The number of carbonyl (C=O) groups excluding carboxylic acids is 1. The van der Waals surface area contributed by atoms with Crippen molar-refractivity contribution in [3.05, 3.63) is 70.8 Å². The van der Waals surface area contributed by atoms with Crippen molar-refractivity contribution in [3.8, 4) is 11.8 Å². The molecule has 31 heavy (non-hydrogen) atoms. The molecule has 2 aliphatic rings. The molecule has 0 aliphatic carbocycles. The summed E-state index contributed by atoms with van der Waals surface area (Å²) >= 11 is 0. The second kappa shape index (κ2) is 10.1. The second-order valence-corrected chi connectivity index (χ2v) is 7.78. The summed E-state index contributed by atoms with van der Waals surface area (Å²) in [6.07, 6.45) is -2.14. The minimum atomic E-state index is -0.865. The minimum Gasteiger partial charge on any atom is -0.390 e. The molecule has 2 aromatic carbocycles. The summed E-state index contributed by atoms with van der Waals surface area (Å²) in [5.74, 6) is 5.67. The maximum atomic E-state index is 11.5. The molecule has 0 unspecified atom stereocenters. The van der Waals surface area contributed by atoms with Gasteiger partial charge >= 0.3 is 0 Å². The van der Waals surface area contributed by atoms with E-state index in [0.29, 0.717) is 0 Å². The van der Waals surface area contributed by atoms with Crippen molar-refractivity contribution >= 4 is 5.91 Å². The molecule has 2 aliphatic heterocycles. The molecule has 3 atom stereocenters. The van der Waals surface area contributed by atoms with Crippen molar-refractivity contribution in [2.24, 2.45) is 0 Å². The van der Waals surface area contributed by atoms with E-state index in [1.165, 1.54) is 5.56 Å². The van der Waals surface area contributed by atoms with E-state index in [1.807, 2.05) is 36.4 Å². The molecule has 7 heteroatoms. The SMILES string of the molecule is O=C(NO)[C@@H]1C[C@H](O)[C@H](c2ccc(C#Cc3ccc(CN4CCOCC4)cc3)cc2)O1. The standard InChI is InChI=1S/C24H26N2O5/c27-21-15-22(24(28)25-29)31-23(21)20-9-7-18(8-10-20)2-1-17-3-5-19(6-4-17)16-26-11-13-30-14-12-26/h3-10,21-23,27,29H,11-16H2,(H,25,28)/t21-,22-,23-/m0/s1. The van der Waals surface area contributed by atoms with Crippen LogP contribution in [0, 0.1) is 11.8 Å². The van der Waals surface area contributed by atoms with Crippen LogP contribution < -0.4 is 5.48 Å². The Morgan fingerprint density at radius 1 is 1.03 bits per heavy atom. The largest absolute Gasteiger partial charge is 0.390 e. The number of nitrogens with zero attached hydrogens (tertiary/aromatic N) is 1. The predicted octanol–water partition coefficient (Wildman–Crippen LogP) is 1.61. The first-order chi connectivity index (χ1) is 15.1. The summed E-state index contributed by atoms with van der Waals surface area (Å²) in [6, 6.07) is 15.7. The topological polar surface area (TPSA) is 91.3 Å². The lowest BCUT2D eigenvalue weighted by molar-refractivity contribution is -0.140. The molecule has 0 saturated carbocycles. The number of benzene rings is 2. The van der Waals surface area contributed by atoms with Crippen molar-refractivity contribution in [3.63, 3.8) is 0 Å². The van der Waals surface area contributed by atoms with Gasteiger partial charge in [0, 0.05) is 37.2 Å². The molecule has 2 heterocycles. The van der Waals surface area contributed by atoms with Gasteiger partial charge in [-0.2, -0.15) is 0 Å². The van der Waals surface area contributed by atoms with Crippen LogP contribution in [-0.2, 0) is 20.8 Å². The summed E-state index contributed by atoms with van der Waals surface area (Å²) in [6.45, 7) is 4.46. The van der Waals surface area contributed by atoms with Crippen LogP contribution in [0.25, 0.3) is 0 Å². The van der Waals surface area contributed by atoms with Gasteiger partial charge in [0.1, 0.15) is 12.2 Å². The monoisotopic (exact) mass is 422 g/mol. The van der Waals surface area contributed by atoms with Gasteiger partial charge in [0.25, 0.3) is 5.91 Å². The Labute approximate surface area is 181 Å². The molecular weight excluding hydrogens is 396 g/mol. The third kappa shape index (κ3) is 5.50. The number of amides is 1.